The smallest absolute Gasteiger partial charge is 0.276 e. The molecule has 0 atom stereocenters. The number of hydrogen-bond acceptors (Lipinski definition) is 4. The molecule has 2 aromatic carbocycles. The number of benzene rings is 2. The van der Waals surface area contributed by atoms with Crippen molar-refractivity contribution in [1.82, 2.24) is 0 Å². The molecule has 0 aliphatic carbocycles. The monoisotopic (exact) mass is 311 g/mol. The van der Waals surface area contributed by atoms with Crippen molar-refractivity contribution in [2.45, 2.75) is 13.2 Å². The second kappa shape index (κ2) is 6.51. The van der Waals surface area contributed by atoms with Gasteiger partial charge in [0.15, 0.2) is 0 Å². The largest absolute Gasteiger partial charge is 0.488 e. The van der Waals surface area contributed by atoms with E-state index in [4.69, 9.17) is 16.3 Å². The Balaban J connectivity index is 2.24. The van der Waals surface area contributed by atoms with Crippen molar-refractivity contribution < 1.29 is 19.2 Å². The highest BCUT2D eigenvalue weighted by molar-refractivity contribution is 6.30. The molecule has 0 spiro atoms. The van der Waals surface area contributed by atoms with Gasteiger partial charge in [-0.25, -0.2) is 4.39 Å². The highest BCUT2D eigenvalue weighted by atomic mass is 35.5. The van der Waals surface area contributed by atoms with Gasteiger partial charge < -0.3 is 9.84 Å². The number of ether oxygens (including phenoxy) is 1. The van der Waals surface area contributed by atoms with Crippen LogP contribution in [0.3, 0.4) is 0 Å². The second-order valence-electron chi connectivity index (χ2n) is 4.23. The van der Waals surface area contributed by atoms with E-state index in [0.717, 1.165) is 18.2 Å². The van der Waals surface area contributed by atoms with Gasteiger partial charge in [0.1, 0.15) is 18.2 Å². The number of hydrogen-bond donors (Lipinski definition) is 1. The molecule has 21 heavy (non-hydrogen) atoms. The SMILES string of the molecule is O=[N+]([O-])c1ccc(F)cc1COc1ccc(Cl)cc1CO. The van der Waals surface area contributed by atoms with Gasteiger partial charge in [0.05, 0.1) is 17.1 Å². The molecular weight excluding hydrogens is 301 g/mol. The Morgan fingerprint density at radius 1 is 1.24 bits per heavy atom. The third-order valence-corrected chi connectivity index (χ3v) is 3.05. The van der Waals surface area contributed by atoms with Crippen molar-refractivity contribution in [2.24, 2.45) is 0 Å². The lowest BCUT2D eigenvalue weighted by Crippen LogP contribution is -2.03. The van der Waals surface area contributed by atoms with E-state index < -0.39 is 10.7 Å². The average molecular weight is 312 g/mol. The summed E-state index contributed by atoms with van der Waals surface area (Å²) >= 11 is 5.79. The van der Waals surface area contributed by atoms with E-state index in [9.17, 15) is 19.6 Å². The highest BCUT2D eigenvalue weighted by Crippen LogP contribution is 2.26. The Kier molecular flexibility index (Phi) is 4.72. The van der Waals surface area contributed by atoms with Gasteiger partial charge in [0.2, 0.25) is 0 Å². The van der Waals surface area contributed by atoms with Crippen LogP contribution in [0.5, 0.6) is 5.75 Å². The first-order valence-electron chi connectivity index (χ1n) is 5.96. The molecule has 0 unspecified atom stereocenters. The molecule has 0 aromatic heterocycles. The predicted molar refractivity (Wildman–Crippen MR) is 74.8 cm³/mol. The molecule has 0 fully saturated rings. The summed E-state index contributed by atoms with van der Waals surface area (Å²) in [6.45, 7) is -0.482. The van der Waals surface area contributed by atoms with Gasteiger partial charge in [0, 0.05) is 16.7 Å². The van der Waals surface area contributed by atoms with Gasteiger partial charge in [-0.05, 0) is 30.3 Å². The summed E-state index contributed by atoms with van der Waals surface area (Å²) in [5, 5.41) is 20.5. The summed E-state index contributed by atoms with van der Waals surface area (Å²) in [4.78, 5) is 10.3. The molecule has 0 saturated heterocycles. The van der Waals surface area contributed by atoms with Gasteiger partial charge in [-0.1, -0.05) is 11.6 Å². The lowest BCUT2D eigenvalue weighted by atomic mass is 10.2. The standard InChI is InChI=1S/C14H11ClFNO4/c15-11-1-4-14(9(5-11)7-18)21-8-10-6-12(16)2-3-13(10)17(19)20/h1-6,18H,7-8H2. The number of nitrogens with zero attached hydrogens (tertiary/aromatic N) is 1. The van der Waals surface area contributed by atoms with Crippen LogP contribution in [0.2, 0.25) is 5.02 Å². The minimum atomic E-state index is -0.604. The van der Waals surface area contributed by atoms with Crippen molar-refractivity contribution in [3.63, 3.8) is 0 Å². The van der Waals surface area contributed by atoms with Crippen molar-refractivity contribution in [2.75, 3.05) is 0 Å². The molecule has 1 N–H and O–H groups in total. The third-order valence-electron chi connectivity index (χ3n) is 2.81. The van der Waals surface area contributed by atoms with E-state index in [1.807, 2.05) is 0 Å². The molecule has 0 heterocycles. The molecule has 5 nitrogen and oxygen atoms in total. The van der Waals surface area contributed by atoms with Crippen LogP contribution in [-0.4, -0.2) is 10.0 Å². The van der Waals surface area contributed by atoms with E-state index in [2.05, 4.69) is 0 Å². The Hall–Kier alpha value is -2.18. The molecule has 0 aliphatic heterocycles. The van der Waals surface area contributed by atoms with Crippen LogP contribution in [0.1, 0.15) is 11.1 Å². The molecule has 0 radical (unpaired) electrons. The molecule has 0 bridgehead atoms. The molecule has 7 heteroatoms. The van der Waals surface area contributed by atoms with E-state index in [1.165, 1.54) is 6.07 Å². The molecule has 2 aromatic rings. The lowest BCUT2D eigenvalue weighted by molar-refractivity contribution is -0.385. The fourth-order valence-electron chi connectivity index (χ4n) is 1.82. The van der Waals surface area contributed by atoms with Gasteiger partial charge >= 0.3 is 0 Å². The maximum absolute atomic E-state index is 13.2. The third kappa shape index (κ3) is 3.68. The first-order valence-corrected chi connectivity index (χ1v) is 6.34. The number of rotatable bonds is 5. The van der Waals surface area contributed by atoms with Gasteiger partial charge in [-0.3, -0.25) is 10.1 Å². The number of nitro groups is 1. The van der Waals surface area contributed by atoms with Gasteiger partial charge in [-0.15, -0.1) is 0 Å². The normalized spacial score (nSPS) is 10.4. The fraction of sp³-hybridized carbons (Fsp3) is 0.143. The van der Waals surface area contributed by atoms with Crippen molar-refractivity contribution in [3.8, 4) is 5.75 Å². The Labute approximate surface area is 124 Å². The summed E-state index contributed by atoms with van der Waals surface area (Å²) in [5.74, 6) is -0.252. The summed E-state index contributed by atoms with van der Waals surface area (Å²) in [6.07, 6.45) is 0. The van der Waals surface area contributed by atoms with E-state index in [-0.39, 0.29) is 24.5 Å². The van der Waals surface area contributed by atoms with Crippen molar-refractivity contribution >= 4 is 17.3 Å². The average Bonchev–Trinajstić information content (AvgIpc) is 2.45. The zero-order valence-electron chi connectivity index (χ0n) is 10.8. The van der Waals surface area contributed by atoms with Gasteiger partial charge in [-0.2, -0.15) is 0 Å². The Morgan fingerprint density at radius 2 is 2.00 bits per heavy atom. The van der Waals surface area contributed by atoms with E-state index >= 15 is 0 Å². The molecule has 0 saturated carbocycles. The predicted octanol–water partition coefficient (Wildman–Crippen LogP) is 3.46. The van der Waals surface area contributed by atoms with Crippen LogP contribution < -0.4 is 4.74 Å². The van der Waals surface area contributed by atoms with E-state index in [1.54, 1.807) is 12.1 Å². The topological polar surface area (TPSA) is 72.6 Å². The lowest BCUT2D eigenvalue weighted by Gasteiger charge is -2.11. The maximum Gasteiger partial charge on any atom is 0.276 e. The first kappa shape index (κ1) is 15.2. The molecule has 2 rings (SSSR count). The minimum absolute atomic E-state index is 0.110. The summed E-state index contributed by atoms with van der Waals surface area (Å²) in [7, 11) is 0. The van der Waals surface area contributed by atoms with Crippen molar-refractivity contribution in [1.29, 1.82) is 0 Å². The van der Waals surface area contributed by atoms with Gasteiger partial charge in [0.25, 0.3) is 5.69 Å². The zero-order chi connectivity index (χ0) is 15.4. The van der Waals surface area contributed by atoms with Crippen LogP contribution in [-0.2, 0) is 13.2 Å². The molecule has 0 amide bonds. The first-order chi connectivity index (χ1) is 10.0. The van der Waals surface area contributed by atoms with Crippen LogP contribution in [0, 0.1) is 15.9 Å². The second-order valence-corrected chi connectivity index (χ2v) is 4.67. The highest BCUT2D eigenvalue weighted by Gasteiger charge is 2.15. The summed E-state index contributed by atoms with van der Waals surface area (Å²) in [5.41, 5.74) is 0.330. The number of halogens is 2. The Bertz CT molecular complexity index is 678. The summed E-state index contributed by atoms with van der Waals surface area (Å²) < 4.78 is 18.6. The van der Waals surface area contributed by atoms with Crippen LogP contribution in [0.4, 0.5) is 10.1 Å². The zero-order valence-corrected chi connectivity index (χ0v) is 11.5. The minimum Gasteiger partial charge on any atom is -0.488 e. The molecular formula is C14H11ClFNO4. The molecule has 110 valence electrons. The number of nitro benzene ring substituents is 1. The summed E-state index contributed by atoms with van der Waals surface area (Å²) in [6, 6.07) is 7.78. The van der Waals surface area contributed by atoms with Crippen LogP contribution in [0.25, 0.3) is 0 Å². The number of aliphatic hydroxyl groups is 1. The maximum atomic E-state index is 13.2. The quantitative estimate of drug-likeness (QED) is 0.678. The molecule has 0 aliphatic rings. The van der Waals surface area contributed by atoms with Crippen molar-refractivity contribution in [3.05, 3.63) is 68.5 Å². The fourth-order valence-corrected chi connectivity index (χ4v) is 2.01. The number of aliphatic hydroxyl groups excluding tert-OH is 1. The van der Waals surface area contributed by atoms with E-state index in [0.29, 0.717) is 16.3 Å². The van der Waals surface area contributed by atoms with Crippen LogP contribution in [0.15, 0.2) is 36.4 Å². The van der Waals surface area contributed by atoms with Crippen LogP contribution >= 0.6 is 11.6 Å². The Morgan fingerprint density at radius 3 is 2.67 bits per heavy atom.